The Bertz CT molecular complexity index is 526. The van der Waals surface area contributed by atoms with Crippen LogP contribution in [0.2, 0.25) is 0 Å². The third-order valence-electron chi connectivity index (χ3n) is 5.09. The highest BCUT2D eigenvalue weighted by atomic mass is 16.5. The van der Waals surface area contributed by atoms with E-state index in [0.717, 1.165) is 64.3 Å². The van der Waals surface area contributed by atoms with Crippen molar-refractivity contribution in [2.75, 3.05) is 13.1 Å². The van der Waals surface area contributed by atoms with E-state index in [4.69, 9.17) is 4.74 Å². The van der Waals surface area contributed by atoms with Gasteiger partial charge in [-0.15, -0.1) is 0 Å². The van der Waals surface area contributed by atoms with E-state index in [9.17, 15) is 14.7 Å². The maximum atomic E-state index is 11.9. The number of nitrogens with one attached hydrogen (secondary N) is 1. The number of ether oxygens (including phenoxy) is 1. The van der Waals surface area contributed by atoms with Gasteiger partial charge in [-0.05, 0) is 59.8 Å². The van der Waals surface area contributed by atoms with E-state index < -0.39 is 0 Å². The van der Waals surface area contributed by atoms with E-state index in [2.05, 4.69) is 12.2 Å². The number of carbonyl (C=O) groups is 2. The van der Waals surface area contributed by atoms with Crippen molar-refractivity contribution in [2.45, 2.75) is 124 Å². The van der Waals surface area contributed by atoms with Crippen molar-refractivity contribution in [3.63, 3.8) is 0 Å². The number of hydrogen-bond donors (Lipinski definition) is 2. The van der Waals surface area contributed by atoms with Crippen LogP contribution in [0.5, 0.6) is 0 Å². The molecule has 0 aromatic rings. The number of amides is 1. The Morgan fingerprint density at radius 1 is 0.968 bits per heavy atom. The van der Waals surface area contributed by atoms with Crippen LogP contribution in [0.15, 0.2) is 12.0 Å². The summed E-state index contributed by atoms with van der Waals surface area (Å²) in [6.45, 7) is 13.1. The minimum atomic E-state index is -0.247. The quantitative estimate of drug-likeness (QED) is 0.182. The standard InChI is InChI=1S/C25H48N2O4/c1-7-8-11-15-23(29)16-14-19-27(22(3)28)18-13-10-9-12-17-24(30)31-21(2)20-26-25(4,5)6/h20,23,26,29H,7-19H2,1-6H3. The molecule has 182 valence electrons. The molecular formula is C25H48N2O4. The summed E-state index contributed by atoms with van der Waals surface area (Å²) in [7, 11) is 0. The van der Waals surface area contributed by atoms with Gasteiger partial charge < -0.3 is 20.1 Å². The van der Waals surface area contributed by atoms with Gasteiger partial charge in [0, 0.05) is 38.2 Å². The molecule has 0 aromatic heterocycles. The predicted octanol–water partition coefficient (Wildman–Crippen LogP) is 5.30. The summed E-state index contributed by atoms with van der Waals surface area (Å²) in [5.41, 5.74) is -0.0597. The van der Waals surface area contributed by atoms with Gasteiger partial charge >= 0.3 is 5.97 Å². The van der Waals surface area contributed by atoms with Crippen LogP contribution in [-0.4, -0.2) is 46.6 Å². The maximum Gasteiger partial charge on any atom is 0.310 e. The van der Waals surface area contributed by atoms with Crippen LogP contribution in [0.25, 0.3) is 0 Å². The third-order valence-corrected chi connectivity index (χ3v) is 5.09. The van der Waals surface area contributed by atoms with Crippen molar-refractivity contribution in [3.05, 3.63) is 12.0 Å². The first kappa shape index (κ1) is 29.4. The molecule has 0 saturated heterocycles. The largest absolute Gasteiger partial charge is 0.430 e. The second kappa shape index (κ2) is 17.0. The van der Waals surface area contributed by atoms with Gasteiger partial charge in [0.15, 0.2) is 0 Å². The second-order valence-electron chi connectivity index (χ2n) is 9.59. The average molecular weight is 441 g/mol. The Balaban J connectivity index is 3.91. The van der Waals surface area contributed by atoms with Gasteiger partial charge in [-0.3, -0.25) is 9.59 Å². The Morgan fingerprint density at radius 2 is 1.58 bits per heavy atom. The molecule has 0 radical (unpaired) electrons. The Morgan fingerprint density at radius 3 is 2.19 bits per heavy atom. The van der Waals surface area contributed by atoms with Gasteiger partial charge in [-0.1, -0.05) is 39.0 Å². The van der Waals surface area contributed by atoms with Crippen LogP contribution in [0.1, 0.15) is 112 Å². The van der Waals surface area contributed by atoms with Crippen molar-refractivity contribution in [3.8, 4) is 0 Å². The fourth-order valence-electron chi connectivity index (χ4n) is 3.22. The molecule has 0 aliphatic carbocycles. The summed E-state index contributed by atoms with van der Waals surface area (Å²) in [5, 5.41) is 13.2. The lowest BCUT2D eigenvalue weighted by Gasteiger charge is -2.21. The number of rotatable bonds is 17. The lowest BCUT2D eigenvalue weighted by molar-refractivity contribution is -0.139. The number of carbonyl (C=O) groups excluding carboxylic acids is 2. The van der Waals surface area contributed by atoms with E-state index >= 15 is 0 Å². The molecule has 2 N–H and O–H groups in total. The molecule has 0 saturated carbocycles. The molecule has 6 nitrogen and oxygen atoms in total. The number of nitrogens with zero attached hydrogens (tertiary/aromatic N) is 1. The van der Waals surface area contributed by atoms with Crippen molar-refractivity contribution in [1.29, 1.82) is 0 Å². The number of hydrogen-bond acceptors (Lipinski definition) is 5. The molecule has 0 fully saturated rings. The van der Waals surface area contributed by atoms with Gasteiger partial charge in [-0.25, -0.2) is 0 Å². The molecular weight excluding hydrogens is 392 g/mol. The molecule has 0 heterocycles. The fraction of sp³-hybridized carbons (Fsp3) is 0.840. The molecule has 0 aliphatic heterocycles. The zero-order valence-electron chi connectivity index (χ0n) is 21.0. The molecule has 1 unspecified atom stereocenters. The zero-order chi connectivity index (χ0) is 23.7. The Hall–Kier alpha value is -1.56. The van der Waals surface area contributed by atoms with Gasteiger partial charge in [0.05, 0.1) is 6.10 Å². The molecule has 31 heavy (non-hydrogen) atoms. The van der Waals surface area contributed by atoms with E-state index in [0.29, 0.717) is 18.7 Å². The highest BCUT2D eigenvalue weighted by Crippen LogP contribution is 2.11. The first-order valence-corrected chi connectivity index (χ1v) is 12.1. The van der Waals surface area contributed by atoms with Gasteiger partial charge in [0.2, 0.25) is 5.91 Å². The molecule has 0 bridgehead atoms. The summed E-state index contributed by atoms with van der Waals surface area (Å²) in [6.07, 6.45) is 11.4. The van der Waals surface area contributed by atoms with Crippen molar-refractivity contribution in [2.24, 2.45) is 0 Å². The maximum absolute atomic E-state index is 11.9. The number of esters is 1. The van der Waals surface area contributed by atoms with Crippen LogP contribution in [0.3, 0.4) is 0 Å². The van der Waals surface area contributed by atoms with E-state index in [1.54, 1.807) is 20.0 Å². The highest BCUT2D eigenvalue weighted by Gasteiger charge is 2.11. The van der Waals surface area contributed by atoms with Crippen LogP contribution >= 0.6 is 0 Å². The van der Waals surface area contributed by atoms with Crippen molar-refractivity contribution < 1.29 is 19.4 Å². The number of aliphatic hydroxyl groups is 1. The molecule has 6 heteroatoms. The second-order valence-corrected chi connectivity index (χ2v) is 9.59. The monoisotopic (exact) mass is 440 g/mol. The van der Waals surface area contributed by atoms with E-state index in [1.165, 1.54) is 6.42 Å². The van der Waals surface area contributed by atoms with Gasteiger partial charge in [0.25, 0.3) is 0 Å². The molecule has 0 rings (SSSR count). The van der Waals surface area contributed by atoms with Gasteiger partial charge in [-0.2, -0.15) is 0 Å². The lowest BCUT2D eigenvalue weighted by atomic mass is 10.1. The Kier molecular flexibility index (Phi) is 16.2. The molecule has 0 aliphatic rings. The Labute approximate surface area is 190 Å². The zero-order valence-corrected chi connectivity index (χ0v) is 21.0. The number of aliphatic hydroxyl groups excluding tert-OH is 1. The molecule has 0 spiro atoms. The minimum absolute atomic E-state index is 0.0597. The van der Waals surface area contributed by atoms with Gasteiger partial charge in [0.1, 0.15) is 5.76 Å². The van der Waals surface area contributed by atoms with Crippen molar-refractivity contribution >= 4 is 11.9 Å². The lowest BCUT2D eigenvalue weighted by Crippen LogP contribution is -2.31. The van der Waals surface area contributed by atoms with Crippen LogP contribution in [-0.2, 0) is 14.3 Å². The fourth-order valence-corrected chi connectivity index (χ4v) is 3.22. The summed E-state index contributed by atoms with van der Waals surface area (Å²) < 4.78 is 5.30. The smallest absolute Gasteiger partial charge is 0.310 e. The van der Waals surface area contributed by atoms with E-state index in [-0.39, 0.29) is 23.5 Å². The summed E-state index contributed by atoms with van der Waals surface area (Å²) in [6, 6.07) is 0. The van der Waals surface area contributed by atoms with Crippen LogP contribution in [0.4, 0.5) is 0 Å². The molecule has 0 aromatic carbocycles. The SMILES string of the molecule is CCCCCC(O)CCCN(CCCCCCC(=O)OC(C)=CNC(C)(C)C)C(C)=O. The topological polar surface area (TPSA) is 78.9 Å². The molecule has 1 amide bonds. The summed E-state index contributed by atoms with van der Waals surface area (Å²) in [5.74, 6) is 0.468. The number of unbranched alkanes of at least 4 members (excludes halogenated alkanes) is 5. The first-order valence-electron chi connectivity index (χ1n) is 12.1. The summed E-state index contributed by atoms with van der Waals surface area (Å²) >= 11 is 0. The average Bonchev–Trinajstić information content (AvgIpc) is 2.67. The van der Waals surface area contributed by atoms with Crippen LogP contribution < -0.4 is 5.32 Å². The predicted molar refractivity (Wildman–Crippen MR) is 127 cm³/mol. The third kappa shape index (κ3) is 18.9. The summed E-state index contributed by atoms with van der Waals surface area (Å²) in [4.78, 5) is 25.6. The normalized spacial score (nSPS) is 13.1. The molecule has 1 atom stereocenters. The minimum Gasteiger partial charge on any atom is -0.430 e. The highest BCUT2D eigenvalue weighted by molar-refractivity contribution is 5.73. The van der Waals surface area contributed by atoms with Crippen molar-refractivity contribution in [1.82, 2.24) is 10.2 Å². The van der Waals surface area contributed by atoms with E-state index in [1.807, 2.05) is 25.7 Å². The first-order chi connectivity index (χ1) is 14.5. The van der Waals surface area contributed by atoms with Crippen LogP contribution in [0, 0.1) is 0 Å². The number of allylic oxidation sites excluding steroid dienone is 1.